The lowest BCUT2D eigenvalue weighted by atomic mass is 10.2. The van der Waals surface area contributed by atoms with E-state index < -0.39 is 18.5 Å². The molecular weight excluding hydrogens is 256 g/mol. The zero-order chi connectivity index (χ0) is 13.8. The standard InChI is InChI=1S/C11H12N2O6/c12-11(16)13-10(15)4-17-7-2-9-8(18-5-19-9)1-6(7)3-14/h1-2,14H,3-5H2,(H3,12,13,15,16). The number of amides is 3. The molecule has 0 bridgehead atoms. The van der Waals surface area contributed by atoms with Gasteiger partial charge in [0.05, 0.1) is 6.61 Å². The molecule has 0 unspecified atom stereocenters. The van der Waals surface area contributed by atoms with E-state index in [1.54, 1.807) is 6.07 Å². The molecular formula is C11H12N2O6. The van der Waals surface area contributed by atoms with Gasteiger partial charge in [0.1, 0.15) is 5.75 Å². The number of primary amides is 1. The van der Waals surface area contributed by atoms with E-state index in [4.69, 9.17) is 19.9 Å². The molecule has 0 atom stereocenters. The highest BCUT2D eigenvalue weighted by Crippen LogP contribution is 2.38. The van der Waals surface area contributed by atoms with Crippen molar-refractivity contribution in [3.8, 4) is 17.2 Å². The summed E-state index contributed by atoms with van der Waals surface area (Å²) in [6, 6.07) is 2.11. The predicted octanol–water partition coefficient (Wildman–Crippen LogP) is -0.519. The highest BCUT2D eigenvalue weighted by Gasteiger charge is 2.18. The van der Waals surface area contributed by atoms with Crippen LogP contribution in [0.25, 0.3) is 0 Å². The predicted molar refractivity (Wildman–Crippen MR) is 61.7 cm³/mol. The zero-order valence-electron chi connectivity index (χ0n) is 9.84. The molecule has 8 nitrogen and oxygen atoms in total. The Morgan fingerprint density at radius 3 is 2.68 bits per heavy atom. The van der Waals surface area contributed by atoms with Gasteiger partial charge in [-0.1, -0.05) is 0 Å². The molecule has 0 saturated heterocycles. The second-order valence-electron chi connectivity index (χ2n) is 3.67. The summed E-state index contributed by atoms with van der Waals surface area (Å²) in [5, 5.41) is 11.1. The summed E-state index contributed by atoms with van der Waals surface area (Å²) in [4.78, 5) is 21.7. The number of urea groups is 1. The van der Waals surface area contributed by atoms with Gasteiger partial charge in [-0.25, -0.2) is 4.79 Å². The van der Waals surface area contributed by atoms with Crippen LogP contribution in [0, 0.1) is 0 Å². The van der Waals surface area contributed by atoms with E-state index in [1.165, 1.54) is 6.07 Å². The molecule has 0 aromatic heterocycles. The van der Waals surface area contributed by atoms with Crippen LogP contribution >= 0.6 is 0 Å². The van der Waals surface area contributed by atoms with E-state index >= 15 is 0 Å². The lowest BCUT2D eigenvalue weighted by molar-refractivity contribution is -0.121. The van der Waals surface area contributed by atoms with Gasteiger partial charge in [0.25, 0.3) is 5.91 Å². The summed E-state index contributed by atoms with van der Waals surface area (Å²) < 4.78 is 15.5. The van der Waals surface area contributed by atoms with Crippen LogP contribution in [0.1, 0.15) is 5.56 Å². The van der Waals surface area contributed by atoms with Gasteiger partial charge in [-0.15, -0.1) is 0 Å². The number of aliphatic hydroxyl groups is 1. The number of hydrogen-bond acceptors (Lipinski definition) is 6. The van der Waals surface area contributed by atoms with E-state index in [1.807, 2.05) is 5.32 Å². The maximum absolute atomic E-state index is 11.2. The van der Waals surface area contributed by atoms with Crippen molar-refractivity contribution in [2.24, 2.45) is 5.73 Å². The van der Waals surface area contributed by atoms with Crippen molar-refractivity contribution in [2.75, 3.05) is 13.4 Å². The molecule has 0 saturated carbocycles. The van der Waals surface area contributed by atoms with Gasteiger partial charge in [-0.2, -0.15) is 0 Å². The van der Waals surface area contributed by atoms with Crippen molar-refractivity contribution >= 4 is 11.9 Å². The smallest absolute Gasteiger partial charge is 0.318 e. The van der Waals surface area contributed by atoms with Gasteiger partial charge in [-0.05, 0) is 6.07 Å². The number of benzene rings is 1. The van der Waals surface area contributed by atoms with Crippen LogP contribution in [0.15, 0.2) is 12.1 Å². The Labute approximate surface area is 108 Å². The molecule has 1 aromatic rings. The third-order valence-electron chi connectivity index (χ3n) is 2.35. The van der Waals surface area contributed by atoms with Gasteiger partial charge in [0.15, 0.2) is 18.1 Å². The first-order chi connectivity index (χ1) is 9.10. The normalized spacial score (nSPS) is 12.1. The molecule has 102 valence electrons. The maximum atomic E-state index is 11.2. The Morgan fingerprint density at radius 2 is 2.05 bits per heavy atom. The molecule has 1 heterocycles. The van der Waals surface area contributed by atoms with Crippen molar-refractivity contribution < 1.29 is 28.9 Å². The van der Waals surface area contributed by atoms with Crippen molar-refractivity contribution in [1.29, 1.82) is 0 Å². The third kappa shape index (κ3) is 3.05. The number of carbonyl (C=O) groups excluding carboxylic acids is 2. The summed E-state index contributed by atoms with van der Waals surface area (Å²) >= 11 is 0. The Kier molecular flexibility index (Phi) is 3.71. The molecule has 0 fully saturated rings. The van der Waals surface area contributed by atoms with Crippen molar-refractivity contribution in [3.63, 3.8) is 0 Å². The van der Waals surface area contributed by atoms with Gasteiger partial charge in [0.2, 0.25) is 6.79 Å². The van der Waals surface area contributed by atoms with Crippen molar-refractivity contribution in [3.05, 3.63) is 17.7 Å². The number of nitrogens with one attached hydrogen (secondary N) is 1. The number of ether oxygens (including phenoxy) is 3. The van der Waals surface area contributed by atoms with Crippen LogP contribution in [0.4, 0.5) is 4.79 Å². The zero-order valence-corrected chi connectivity index (χ0v) is 9.84. The SMILES string of the molecule is NC(=O)NC(=O)COc1cc2c(cc1CO)OCO2. The van der Waals surface area contributed by atoms with Crippen LogP contribution in [0.2, 0.25) is 0 Å². The summed E-state index contributed by atoms with van der Waals surface area (Å²) in [5.74, 6) is 0.543. The highest BCUT2D eigenvalue weighted by atomic mass is 16.7. The monoisotopic (exact) mass is 268 g/mol. The molecule has 4 N–H and O–H groups in total. The number of fused-ring (bicyclic) bond motifs is 1. The number of rotatable bonds is 4. The summed E-state index contributed by atoms with van der Waals surface area (Å²) in [7, 11) is 0. The van der Waals surface area contributed by atoms with Crippen molar-refractivity contribution in [1.82, 2.24) is 5.32 Å². The highest BCUT2D eigenvalue weighted by molar-refractivity contribution is 5.94. The average Bonchev–Trinajstić information content (AvgIpc) is 2.81. The molecule has 2 rings (SSSR count). The molecule has 1 aromatic carbocycles. The van der Waals surface area contributed by atoms with Crippen LogP contribution < -0.4 is 25.3 Å². The van der Waals surface area contributed by atoms with Gasteiger partial charge in [-0.3, -0.25) is 10.1 Å². The Balaban J connectivity index is 2.07. The lowest BCUT2D eigenvalue weighted by Crippen LogP contribution is -2.38. The summed E-state index contributed by atoms with van der Waals surface area (Å²) in [6.45, 7) is -0.606. The van der Waals surface area contributed by atoms with E-state index in [2.05, 4.69) is 0 Å². The topological polar surface area (TPSA) is 120 Å². The molecule has 19 heavy (non-hydrogen) atoms. The number of aliphatic hydroxyl groups excluding tert-OH is 1. The summed E-state index contributed by atoms with van der Waals surface area (Å²) in [5.41, 5.74) is 5.23. The molecule has 1 aliphatic rings. The second-order valence-corrected chi connectivity index (χ2v) is 3.67. The first-order valence-electron chi connectivity index (χ1n) is 5.35. The largest absolute Gasteiger partial charge is 0.483 e. The minimum absolute atomic E-state index is 0.0891. The molecule has 0 radical (unpaired) electrons. The first-order valence-corrected chi connectivity index (χ1v) is 5.35. The van der Waals surface area contributed by atoms with Gasteiger partial charge >= 0.3 is 6.03 Å². The maximum Gasteiger partial charge on any atom is 0.318 e. The minimum Gasteiger partial charge on any atom is -0.483 e. The third-order valence-corrected chi connectivity index (χ3v) is 2.35. The fraction of sp³-hybridized carbons (Fsp3) is 0.273. The van der Waals surface area contributed by atoms with E-state index in [0.717, 1.165) is 0 Å². The molecule has 3 amide bonds. The Hall–Kier alpha value is -2.48. The number of carbonyl (C=O) groups is 2. The Morgan fingerprint density at radius 1 is 1.37 bits per heavy atom. The second kappa shape index (κ2) is 5.44. The Bertz CT molecular complexity index is 516. The number of imide groups is 1. The molecule has 0 aliphatic carbocycles. The quantitative estimate of drug-likeness (QED) is 0.676. The lowest BCUT2D eigenvalue weighted by Gasteiger charge is -2.10. The van der Waals surface area contributed by atoms with E-state index in [9.17, 15) is 14.7 Å². The number of hydrogen-bond donors (Lipinski definition) is 3. The van der Waals surface area contributed by atoms with Crippen LogP contribution in [0.3, 0.4) is 0 Å². The van der Waals surface area contributed by atoms with Gasteiger partial charge < -0.3 is 25.1 Å². The van der Waals surface area contributed by atoms with Crippen LogP contribution in [0.5, 0.6) is 17.2 Å². The van der Waals surface area contributed by atoms with E-state index in [0.29, 0.717) is 17.1 Å². The van der Waals surface area contributed by atoms with Crippen molar-refractivity contribution in [2.45, 2.75) is 6.61 Å². The molecule has 0 spiro atoms. The minimum atomic E-state index is -0.957. The number of nitrogens with two attached hydrogens (primary N) is 1. The van der Waals surface area contributed by atoms with Crippen LogP contribution in [-0.4, -0.2) is 30.4 Å². The fourth-order valence-corrected chi connectivity index (χ4v) is 1.54. The molecule has 8 heteroatoms. The van der Waals surface area contributed by atoms with Gasteiger partial charge in [0, 0.05) is 11.6 Å². The van der Waals surface area contributed by atoms with E-state index in [-0.39, 0.29) is 19.1 Å². The summed E-state index contributed by atoms with van der Waals surface area (Å²) in [6.07, 6.45) is 0. The fourth-order valence-electron chi connectivity index (χ4n) is 1.54. The average molecular weight is 268 g/mol. The van der Waals surface area contributed by atoms with Crippen LogP contribution in [-0.2, 0) is 11.4 Å². The first kappa shape index (κ1) is 13.0. The molecule has 1 aliphatic heterocycles.